The van der Waals surface area contributed by atoms with Crippen LogP contribution in [0.2, 0.25) is 0 Å². The van der Waals surface area contributed by atoms with E-state index in [9.17, 15) is 14.4 Å². The number of hydrogen-bond acceptors (Lipinski definition) is 5. The van der Waals surface area contributed by atoms with E-state index < -0.39 is 11.3 Å². The van der Waals surface area contributed by atoms with Crippen molar-refractivity contribution in [2.45, 2.75) is 44.4 Å². The molecule has 0 aliphatic carbocycles. The average molecular weight is 351 g/mol. The maximum Gasteiger partial charge on any atom is 0.269 e. The van der Waals surface area contributed by atoms with Gasteiger partial charge in [0.2, 0.25) is 5.91 Å². The fourth-order valence-electron chi connectivity index (χ4n) is 2.15. The second-order valence-corrected chi connectivity index (χ2v) is 6.63. The van der Waals surface area contributed by atoms with E-state index in [2.05, 4.69) is 28.2 Å². The van der Waals surface area contributed by atoms with Crippen LogP contribution in [0.25, 0.3) is 0 Å². The summed E-state index contributed by atoms with van der Waals surface area (Å²) in [5.74, 6) is -0.179. The number of hydrogen-bond donors (Lipinski definition) is 3. The van der Waals surface area contributed by atoms with Crippen molar-refractivity contribution in [1.82, 2.24) is 15.6 Å². The minimum atomic E-state index is -0.508. The van der Waals surface area contributed by atoms with Gasteiger partial charge in [-0.2, -0.15) is 12.6 Å². The molecular formula is C17H25N3O3S. The fourth-order valence-corrected chi connectivity index (χ4v) is 2.41. The van der Waals surface area contributed by atoms with Crippen LogP contribution in [0.5, 0.6) is 0 Å². The van der Waals surface area contributed by atoms with Gasteiger partial charge >= 0.3 is 0 Å². The van der Waals surface area contributed by atoms with Gasteiger partial charge in [-0.05, 0) is 37.3 Å². The Hall–Kier alpha value is -1.89. The van der Waals surface area contributed by atoms with E-state index in [4.69, 9.17) is 0 Å². The Morgan fingerprint density at radius 3 is 2.67 bits per heavy atom. The summed E-state index contributed by atoms with van der Waals surface area (Å²) in [5.41, 5.74) is 0.361. The maximum atomic E-state index is 12.0. The van der Waals surface area contributed by atoms with Crippen LogP contribution < -0.4 is 10.6 Å². The number of aldehydes is 1. The topological polar surface area (TPSA) is 88.2 Å². The van der Waals surface area contributed by atoms with Crippen LogP contribution in [0.15, 0.2) is 24.4 Å². The standard InChI is InChI=1S/C17H25N3O3S/c1-12(2)10-13(11-21)20-17(23)15(24)7-5-9-19-16(22)14-6-3-4-8-18-14/h3-4,6,8,11-13,15,24H,5,7,9-10H2,1-2H3,(H,19,22)(H,20,23)/t13-,15?/m0/s1. The summed E-state index contributed by atoms with van der Waals surface area (Å²) in [4.78, 5) is 38.7. The van der Waals surface area contributed by atoms with E-state index in [1.807, 2.05) is 13.8 Å². The third kappa shape index (κ3) is 7.59. The van der Waals surface area contributed by atoms with Crippen LogP contribution >= 0.6 is 12.6 Å². The van der Waals surface area contributed by atoms with Gasteiger partial charge in [-0.1, -0.05) is 19.9 Å². The number of rotatable bonds is 10. The Labute approximate surface area is 148 Å². The summed E-state index contributed by atoms with van der Waals surface area (Å²) >= 11 is 4.27. The molecule has 0 saturated carbocycles. The Bertz CT molecular complexity index is 537. The monoisotopic (exact) mass is 351 g/mol. The number of pyridine rings is 1. The van der Waals surface area contributed by atoms with E-state index in [0.29, 0.717) is 37.4 Å². The smallest absolute Gasteiger partial charge is 0.269 e. The van der Waals surface area contributed by atoms with Crippen molar-refractivity contribution < 1.29 is 14.4 Å². The molecule has 132 valence electrons. The first-order chi connectivity index (χ1) is 11.4. The van der Waals surface area contributed by atoms with Crippen molar-refractivity contribution in [3.8, 4) is 0 Å². The quantitative estimate of drug-likeness (QED) is 0.340. The molecule has 2 N–H and O–H groups in total. The van der Waals surface area contributed by atoms with Crippen molar-refractivity contribution in [3.63, 3.8) is 0 Å². The molecule has 0 aliphatic rings. The van der Waals surface area contributed by atoms with Gasteiger partial charge in [0.15, 0.2) is 0 Å². The predicted molar refractivity (Wildman–Crippen MR) is 96.0 cm³/mol. The van der Waals surface area contributed by atoms with Crippen LogP contribution in [-0.4, -0.2) is 40.9 Å². The van der Waals surface area contributed by atoms with Gasteiger partial charge in [0.1, 0.15) is 12.0 Å². The van der Waals surface area contributed by atoms with Gasteiger partial charge < -0.3 is 15.4 Å². The van der Waals surface area contributed by atoms with Gasteiger partial charge in [0.05, 0.1) is 11.3 Å². The van der Waals surface area contributed by atoms with Crippen molar-refractivity contribution >= 4 is 30.7 Å². The normalized spacial score (nSPS) is 13.2. The SMILES string of the molecule is CC(C)C[C@@H](C=O)NC(=O)C(S)CCCNC(=O)c1ccccn1. The summed E-state index contributed by atoms with van der Waals surface area (Å²) in [7, 11) is 0. The molecule has 0 saturated heterocycles. The number of amides is 2. The number of carbonyl (C=O) groups is 3. The number of aromatic nitrogens is 1. The molecule has 2 amide bonds. The first-order valence-corrected chi connectivity index (χ1v) is 8.58. The third-order valence-electron chi connectivity index (χ3n) is 3.36. The zero-order valence-corrected chi connectivity index (χ0v) is 15.0. The highest BCUT2D eigenvalue weighted by atomic mass is 32.1. The molecule has 1 aromatic rings. The first kappa shape index (κ1) is 20.2. The van der Waals surface area contributed by atoms with E-state index in [0.717, 1.165) is 6.29 Å². The molecule has 1 heterocycles. The maximum absolute atomic E-state index is 12.0. The molecule has 6 nitrogen and oxygen atoms in total. The first-order valence-electron chi connectivity index (χ1n) is 8.07. The molecule has 1 aromatic heterocycles. The molecule has 0 bridgehead atoms. The van der Waals surface area contributed by atoms with Gasteiger partial charge in [0.25, 0.3) is 5.91 Å². The number of carbonyl (C=O) groups excluding carboxylic acids is 3. The Kier molecular flexibility index (Phi) is 9.07. The minimum Gasteiger partial charge on any atom is -0.351 e. The average Bonchev–Trinajstić information content (AvgIpc) is 2.57. The Morgan fingerprint density at radius 2 is 2.08 bits per heavy atom. The second-order valence-electron chi connectivity index (χ2n) is 6.01. The van der Waals surface area contributed by atoms with Crippen molar-refractivity contribution in [1.29, 1.82) is 0 Å². The molecule has 1 rings (SSSR count). The van der Waals surface area contributed by atoms with E-state index in [1.54, 1.807) is 24.4 Å². The lowest BCUT2D eigenvalue weighted by molar-refractivity contribution is -0.123. The molecule has 0 aromatic carbocycles. The van der Waals surface area contributed by atoms with Gasteiger partial charge in [-0.25, -0.2) is 0 Å². The minimum absolute atomic E-state index is 0.242. The number of thiol groups is 1. The molecule has 0 aliphatic heterocycles. The molecule has 0 spiro atoms. The molecular weight excluding hydrogens is 326 g/mol. The predicted octanol–water partition coefficient (Wildman–Crippen LogP) is 1.62. The highest BCUT2D eigenvalue weighted by molar-refractivity contribution is 7.81. The van der Waals surface area contributed by atoms with E-state index in [-0.39, 0.29) is 11.8 Å². The zero-order valence-electron chi connectivity index (χ0n) is 14.1. The van der Waals surface area contributed by atoms with Crippen molar-refractivity contribution in [2.75, 3.05) is 6.54 Å². The van der Waals surface area contributed by atoms with Gasteiger partial charge in [-0.3, -0.25) is 14.6 Å². The van der Waals surface area contributed by atoms with E-state index >= 15 is 0 Å². The highest BCUT2D eigenvalue weighted by Gasteiger charge is 2.18. The number of nitrogens with one attached hydrogen (secondary N) is 2. The fraction of sp³-hybridized carbons (Fsp3) is 0.529. The summed E-state index contributed by atoms with van der Waals surface area (Å²) in [5, 5.41) is 4.93. The summed E-state index contributed by atoms with van der Waals surface area (Å²) in [6, 6.07) is 4.65. The molecule has 7 heteroatoms. The van der Waals surface area contributed by atoms with Gasteiger partial charge in [-0.15, -0.1) is 0 Å². The van der Waals surface area contributed by atoms with Crippen molar-refractivity contribution in [3.05, 3.63) is 30.1 Å². The van der Waals surface area contributed by atoms with Crippen LogP contribution in [0.1, 0.15) is 43.6 Å². The summed E-state index contributed by atoms with van der Waals surface area (Å²) in [6.45, 7) is 4.42. The molecule has 24 heavy (non-hydrogen) atoms. The lowest BCUT2D eigenvalue weighted by Gasteiger charge is -2.17. The van der Waals surface area contributed by atoms with Gasteiger partial charge in [0, 0.05) is 12.7 Å². The number of nitrogens with zero attached hydrogens (tertiary/aromatic N) is 1. The Morgan fingerprint density at radius 1 is 1.33 bits per heavy atom. The molecule has 0 radical (unpaired) electrons. The van der Waals surface area contributed by atoms with Crippen LogP contribution in [0.4, 0.5) is 0 Å². The molecule has 2 atom stereocenters. The molecule has 0 fully saturated rings. The Balaban J connectivity index is 2.27. The summed E-state index contributed by atoms with van der Waals surface area (Å²) < 4.78 is 0. The lowest BCUT2D eigenvalue weighted by atomic mass is 10.0. The van der Waals surface area contributed by atoms with Crippen LogP contribution in [-0.2, 0) is 9.59 Å². The second kappa shape index (κ2) is 10.8. The highest BCUT2D eigenvalue weighted by Crippen LogP contribution is 2.08. The van der Waals surface area contributed by atoms with E-state index in [1.165, 1.54) is 0 Å². The third-order valence-corrected chi connectivity index (χ3v) is 3.85. The molecule has 1 unspecified atom stereocenters. The van der Waals surface area contributed by atoms with Crippen LogP contribution in [0.3, 0.4) is 0 Å². The van der Waals surface area contributed by atoms with Crippen molar-refractivity contribution in [2.24, 2.45) is 5.92 Å². The summed E-state index contributed by atoms with van der Waals surface area (Å²) in [6.07, 6.45) is 4.03. The van der Waals surface area contributed by atoms with Crippen LogP contribution in [0, 0.1) is 5.92 Å². The zero-order chi connectivity index (χ0) is 17.9. The largest absolute Gasteiger partial charge is 0.351 e. The lowest BCUT2D eigenvalue weighted by Crippen LogP contribution is -2.41.